The average molecular weight is 587 g/mol. The summed E-state index contributed by atoms with van der Waals surface area (Å²) in [5.74, 6) is -8.19. The van der Waals surface area contributed by atoms with Crippen molar-refractivity contribution in [2.75, 3.05) is 24.3 Å². The van der Waals surface area contributed by atoms with E-state index in [1.807, 2.05) is 34.6 Å². The van der Waals surface area contributed by atoms with Crippen LogP contribution in [0.5, 0.6) is 5.75 Å². The van der Waals surface area contributed by atoms with Crippen LogP contribution in [0.3, 0.4) is 0 Å². The Morgan fingerprint density at radius 1 is 1.14 bits per heavy atom. The number of aromatic hydroxyl groups is 1. The molecule has 3 aliphatic carbocycles. The number of aliphatic hydroxyl groups excluding tert-OH is 2. The van der Waals surface area contributed by atoms with Gasteiger partial charge in [-0.3, -0.25) is 19.2 Å². The Morgan fingerprint density at radius 2 is 1.76 bits per heavy atom. The zero-order valence-electron chi connectivity index (χ0n) is 25.1. The molecule has 6 atom stereocenters. The molecule has 0 saturated heterocycles. The number of allylic oxidation sites excluding steroid dienone is 1. The Bertz CT molecular complexity index is 1380. The molecule has 230 valence electrons. The molecular weight excluding hydrogens is 544 g/mol. The molecule has 1 aromatic rings. The normalized spacial score (nSPS) is 28.0. The highest BCUT2D eigenvalue weighted by atomic mass is 16.3. The molecule has 4 rings (SSSR count). The van der Waals surface area contributed by atoms with Crippen molar-refractivity contribution in [2.45, 2.75) is 77.2 Å². The van der Waals surface area contributed by atoms with E-state index < -0.39 is 70.0 Å². The number of nitrogens with zero attached hydrogens (tertiary/aromatic N) is 1. The van der Waals surface area contributed by atoms with Gasteiger partial charge in [-0.15, -0.1) is 0 Å². The van der Waals surface area contributed by atoms with Gasteiger partial charge in [0.25, 0.3) is 0 Å². The van der Waals surface area contributed by atoms with Gasteiger partial charge in [-0.05, 0) is 63.5 Å². The summed E-state index contributed by atoms with van der Waals surface area (Å²) in [5, 5.41) is 50.8. The first-order valence-corrected chi connectivity index (χ1v) is 14.2. The van der Waals surface area contributed by atoms with E-state index in [0.29, 0.717) is 11.3 Å². The minimum atomic E-state index is -2.58. The highest BCUT2D eigenvalue weighted by molar-refractivity contribution is 6.17. The van der Waals surface area contributed by atoms with Gasteiger partial charge >= 0.3 is 0 Å². The number of ketones is 2. The van der Waals surface area contributed by atoms with E-state index in [9.17, 15) is 39.6 Å². The molecule has 0 heterocycles. The summed E-state index contributed by atoms with van der Waals surface area (Å²) in [5.41, 5.74) is 3.14. The lowest BCUT2D eigenvalue weighted by Gasteiger charge is -2.48. The van der Waals surface area contributed by atoms with Crippen molar-refractivity contribution in [3.05, 3.63) is 28.5 Å². The summed E-state index contributed by atoms with van der Waals surface area (Å²) in [6.45, 7) is 9.24. The molecule has 0 aliphatic heterocycles. The fourth-order valence-electron chi connectivity index (χ4n) is 6.63. The number of phenols is 1. The van der Waals surface area contributed by atoms with Crippen molar-refractivity contribution < 1.29 is 39.6 Å². The molecule has 0 aromatic heterocycles. The summed E-state index contributed by atoms with van der Waals surface area (Å²) in [6, 6.07) is 0.899. The molecular formula is C30H42N4O8. The predicted molar refractivity (Wildman–Crippen MR) is 155 cm³/mol. The van der Waals surface area contributed by atoms with Gasteiger partial charge in [0.15, 0.2) is 17.2 Å². The maximum absolute atomic E-state index is 14.1. The average Bonchev–Trinajstić information content (AvgIpc) is 2.83. The quantitative estimate of drug-likeness (QED) is 0.187. The lowest BCUT2D eigenvalue weighted by molar-refractivity contribution is -0.167. The summed E-state index contributed by atoms with van der Waals surface area (Å²) >= 11 is 0. The Morgan fingerprint density at radius 3 is 2.29 bits per heavy atom. The Balaban J connectivity index is 1.85. The molecule has 3 unspecified atom stereocenters. The topological polar surface area (TPSA) is 203 Å². The molecule has 12 heteroatoms. The van der Waals surface area contributed by atoms with Crippen LogP contribution < -0.4 is 21.3 Å². The van der Waals surface area contributed by atoms with Gasteiger partial charge in [0, 0.05) is 36.8 Å². The van der Waals surface area contributed by atoms with Gasteiger partial charge in [0.05, 0.1) is 17.4 Å². The third kappa shape index (κ3) is 5.00. The maximum atomic E-state index is 14.1. The molecule has 42 heavy (non-hydrogen) atoms. The lowest BCUT2D eigenvalue weighted by atomic mass is 9.58. The molecule has 1 aromatic carbocycles. The molecule has 0 radical (unpaired) electrons. The number of rotatable bonds is 6. The van der Waals surface area contributed by atoms with Crippen molar-refractivity contribution in [2.24, 2.45) is 29.4 Å². The zero-order valence-corrected chi connectivity index (χ0v) is 25.1. The highest BCUT2D eigenvalue weighted by Crippen LogP contribution is 2.53. The number of anilines is 2. The van der Waals surface area contributed by atoms with Crippen LogP contribution in [0, 0.1) is 23.7 Å². The van der Waals surface area contributed by atoms with E-state index in [2.05, 4.69) is 10.6 Å². The van der Waals surface area contributed by atoms with Gasteiger partial charge in [-0.25, -0.2) is 0 Å². The number of fused-ring (bicyclic) bond motifs is 3. The predicted octanol–water partition coefficient (Wildman–Crippen LogP) is 1.16. The first-order valence-electron chi connectivity index (χ1n) is 14.2. The fourth-order valence-corrected chi connectivity index (χ4v) is 6.63. The third-order valence-corrected chi connectivity index (χ3v) is 8.61. The van der Waals surface area contributed by atoms with E-state index in [1.165, 1.54) is 0 Å². The largest absolute Gasteiger partial charge is 0.508 e. The second kappa shape index (κ2) is 10.6. The van der Waals surface area contributed by atoms with Crippen LogP contribution in [-0.2, 0) is 20.8 Å². The third-order valence-electron chi connectivity index (χ3n) is 8.61. The van der Waals surface area contributed by atoms with Crippen molar-refractivity contribution >= 4 is 34.8 Å². The molecule has 3 aliphatic rings. The molecule has 2 amide bonds. The van der Waals surface area contributed by atoms with Crippen molar-refractivity contribution in [1.82, 2.24) is 5.32 Å². The molecule has 8 N–H and O–H groups in total. The van der Waals surface area contributed by atoms with Gasteiger partial charge in [-0.1, -0.05) is 13.8 Å². The zero-order chi connectivity index (χ0) is 31.6. The number of carbonyl (C=O) groups is 4. The number of Topliss-reactive ketones (excluding diaryl/α,β-unsaturated/α-hetero) is 2. The Labute approximate surface area is 245 Å². The number of amides is 2. The van der Waals surface area contributed by atoms with Crippen LogP contribution in [-0.4, -0.2) is 81.2 Å². The number of nitrogens with two attached hydrogens (primary N) is 1. The number of phenolic OH excluding ortho intramolecular Hbond substituents is 1. The van der Waals surface area contributed by atoms with Crippen LogP contribution in [0.4, 0.5) is 11.4 Å². The van der Waals surface area contributed by atoms with Crippen LogP contribution >= 0.6 is 0 Å². The van der Waals surface area contributed by atoms with Crippen LogP contribution in [0.25, 0.3) is 0 Å². The fraction of sp³-hybridized carbons (Fsp3) is 0.600. The van der Waals surface area contributed by atoms with Crippen molar-refractivity contribution in [3.63, 3.8) is 0 Å². The van der Waals surface area contributed by atoms with Crippen LogP contribution in [0.1, 0.15) is 63.4 Å². The number of hydrogen-bond donors (Lipinski definition) is 7. The smallest absolute Gasteiger partial charge is 0.243 e. The lowest BCUT2D eigenvalue weighted by Crippen LogP contribution is -2.63. The number of primary amides is 1. The van der Waals surface area contributed by atoms with Crippen molar-refractivity contribution in [1.29, 1.82) is 0 Å². The van der Waals surface area contributed by atoms with E-state index >= 15 is 0 Å². The number of carbonyl (C=O) groups excluding carboxylic acids is 4. The van der Waals surface area contributed by atoms with Crippen LogP contribution in [0.2, 0.25) is 0 Å². The summed E-state index contributed by atoms with van der Waals surface area (Å²) in [7, 11) is 3.55. The Hall–Kier alpha value is -3.64. The van der Waals surface area contributed by atoms with Crippen LogP contribution in [0.15, 0.2) is 17.4 Å². The van der Waals surface area contributed by atoms with E-state index in [1.54, 1.807) is 25.1 Å². The minimum Gasteiger partial charge on any atom is -0.508 e. The number of benzene rings is 1. The number of aliphatic hydroxyl groups is 3. The second-order valence-corrected chi connectivity index (χ2v) is 13.4. The van der Waals surface area contributed by atoms with Gasteiger partial charge in [0.1, 0.15) is 23.5 Å². The first kappa shape index (κ1) is 31.3. The maximum Gasteiger partial charge on any atom is 0.243 e. The van der Waals surface area contributed by atoms with Gasteiger partial charge < -0.3 is 41.7 Å². The summed E-state index contributed by atoms with van der Waals surface area (Å²) < 4.78 is 0. The number of nitrogens with one attached hydrogen (secondary N) is 2. The van der Waals surface area contributed by atoms with E-state index in [4.69, 9.17) is 5.73 Å². The van der Waals surface area contributed by atoms with E-state index in [0.717, 1.165) is 0 Å². The minimum absolute atomic E-state index is 0.0748. The monoisotopic (exact) mass is 586 g/mol. The first-order chi connectivity index (χ1) is 19.3. The molecule has 0 bridgehead atoms. The molecule has 1 fully saturated rings. The molecule has 12 nitrogen and oxygen atoms in total. The van der Waals surface area contributed by atoms with Crippen molar-refractivity contribution in [3.8, 4) is 5.75 Å². The Kier molecular flexibility index (Phi) is 7.88. The standard InChI is InChI=1S/C30H42N4O8/c1-12(2)22(28(41)33-29(3,4)5)32-16-11-17(34(6)7)15-9-13-8-14-10-18(35)21(27(31)40)26(39)30(14,42)25(38)19(13)24(37)20(15)23(16)36/h11-14,18,21-22,32,35-36,38,42H,8-10H2,1-7H3,(H2,31,40)(H,33,41)/t13-,14+,18?,21?,22?,30+/m1/s1. The molecule has 1 saturated carbocycles. The summed E-state index contributed by atoms with van der Waals surface area (Å²) in [4.78, 5) is 54.2. The molecule has 0 spiro atoms. The van der Waals surface area contributed by atoms with Gasteiger partial charge in [-0.2, -0.15) is 0 Å². The second-order valence-electron chi connectivity index (χ2n) is 13.4. The number of hydrogen-bond acceptors (Lipinski definition) is 10. The van der Waals surface area contributed by atoms with Gasteiger partial charge in [0.2, 0.25) is 11.8 Å². The summed E-state index contributed by atoms with van der Waals surface area (Å²) in [6.07, 6.45) is -1.34. The highest BCUT2D eigenvalue weighted by Gasteiger charge is 2.62. The SMILES string of the molecule is CC(C)C(Nc1cc(N(C)C)c2c(c1O)C(=O)C1=C(O)[C@]3(O)C(=O)C(C(N)=O)C(O)C[C@@H]3C[C@@H]1C2)C(=O)NC(C)(C)C. The van der Waals surface area contributed by atoms with E-state index in [-0.39, 0.29) is 47.9 Å².